The van der Waals surface area contributed by atoms with E-state index in [1.165, 1.54) is 12.1 Å². The van der Waals surface area contributed by atoms with Gasteiger partial charge in [-0.1, -0.05) is 23.8 Å². The van der Waals surface area contributed by atoms with E-state index in [1.54, 1.807) is 19.9 Å². The normalized spacial score (nSPS) is 11.7. The van der Waals surface area contributed by atoms with Gasteiger partial charge in [0.25, 0.3) is 11.6 Å². The van der Waals surface area contributed by atoms with Gasteiger partial charge in [0.05, 0.1) is 10.6 Å². The Morgan fingerprint density at radius 2 is 1.83 bits per heavy atom. The molecule has 0 radical (unpaired) electrons. The fourth-order valence-electron chi connectivity index (χ4n) is 2.27. The molecule has 0 spiro atoms. The Kier molecular flexibility index (Phi) is 5.18. The van der Waals surface area contributed by atoms with Crippen molar-refractivity contribution in [3.63, 3.8) is 0 Å². The van der Waals surface area contributed by atoms with E-state index >= 15 is 0 Å². The summed E-state index contributed by atoms with van der Waals surface area (Å²) in [6.45, 7) is 7.31. The lowest BCUT2D eigenvalue weighted by Crippen LogP contribution is -2.30. The quantitative estimate of drug-likeness (QED) is 0.666. The monoisotopic (exact) mass is 328 g/mol. The minimum atomic E-state index is -0.731. The van der Waals surface area contributed by atoms with E-state index < -0.39 is 11.0 Å². The number of amides is 1. The lowest BCUT2D eigenvalue weighted by Gasteiger charge is -2.17. The molecule has 24 heavy (non-hydrogen) atoms. The van der Waals surface area contributed by atoms with E-state index in [9.17, 15) is 14.9 Å². The van der Waals surface area contributed by atoms with Crippen LogP contribution in [0.2, 0.25) is 0 Å². The van der Waals surface area contributed by atoms with Crippen molar-refractivity contribution in [1.29, 1.82) is 0 Å². The highest BCUT2D eigenvalue weighted by molar-refractivity contribution is 5.95. The molecular formula is C18H20N2O4. The van der Waals surface area contributed by atoms with Gasteiger partial charge in [0, 0.05) is 12.1 Å². The Bertz CT molecular complexity index is 787. The highest BCUT2D eigenvalue weighted by Gasteiger charge is 2.18. The van der Waals surface area contributed by atoms with Gasteiger partial charge in [-0.15, -0.1) is 0 Å². The highest BCUT2D eigenvalue weighted by Crippen LogP contribution is 2.23. The first kappa shape index (κ1) is 17.5. The summed E-state index contributed by atoms with van der Waals surface area (Å²) in [6.07, 6.45) is -0.731. The Morgan fingerprint density at radius 1 is 1.12 bits per heavy atom. The number of aryl methyl sites for hydroxylation is 3. The number of rotatable bonds is 5. The summed E-state index contributed by atoms with van der Waals surface area (Å²) in [5, 5.41) is 13.5. The van der Waals surface area contributed by atoms with Crippen LogP contribution >= 0.6 is 0 Å². The fraction of sp³-hybridized carbons (Fsp3) is 0.278. The Hall–Kier alpha value is -2.89. The van der Waals surface area contributed by atoms with Gasteiger partial charge in [-0.05, 0) is 44.9 Å². The van der Waals surface area contributed by atoms with Crippen LogP contribution in [0.4, 0.5) is 11.4 Å². The predicted molar refractivity (Wildman–Crippen MR) is 92.5 cm³/mol. The molecule has 0 fully saturated rings. The number of nitro benzene ring substituents is 1. The zero-order chi connectivity index (χ0) is 17.9. The van der Waals surface area contributed by atoms with E-state index in [0.717, 1.165) is 16.7 Å². The second-order valence-electron chi connectivity index (χ2n) is 5.77. The van der Waals surface area contributed by atoms with E-state index in [-0.39, 0.29) is 11.6 Å². The number of nitro groups is 1. The number of non-ortho nitro benzene ring substituents is 1. The number of nitrogens with one attached hydrogen (secondary N) is 1. The minimum Gasteiger partial charge on any atom is -0.481 e. The molecule has 0 unspecified atom stereocenters. The van der Waals surface area contributed by atoms with E-state index in [1.807, 2.05) is 32.0 Å². The third-order valence-electron chi connectivity index (χ3n) is 3.69. The molecular weight excluding hydrogens is 308 g/mol. The zero-order valence-electron chi connectivity index (χ0n) is 14.1. The molecule has 0 aliphatic heterocycles. The van der Waals surface area contributed by atoms with Crippen LogP contribution in [0.1, 0.15) is 23.6 Å². The number of carbonyl (C=O) groups excluding carboxylic acids is 1. The maximum absolute atomic E-state index is 12.3. The third-order valence-corrected chi connectivity index (χ3v) is 3.69. The number of ether oxygens (including phenoxy) is 1. The summed E-state index contributed by atoms with van der Waals surface area (Å²) in [5.41, 5.74) is 3.14. The number of benzene rings is 2. The molecule has 0 aromatic heterocycles. The molecule has 2 rings (SSSR count). The van der Waals surface area contributed by atoms with Crippen molar-refractivity contribution >= 4 is 17.3 Å². The lowest BCUT2D eigenvalue weighted by molar-refractivity contribution is -0.384. The van der Waals surface area contributed by atoms with Gasteiger partial charge < -0.3 is 10.1 Å². The maximum atomic E-state index is 12.3. The molecule has 126 valence electrons. The molecule has 0 aliphatic carbocycles. The number of anilines is 1. The van der Waals surface area contributed by atoms with Gasteiger partial charge in [0.1, 0.15) is 5.75 Å². The molecule has 1 amide bonds. The summed E-state index contributed by atoms with van der Waals surface area (Å²) in [6, 6.07) is 10.1. The van der Waals surface area contributed by atoms with Crippen molar-refractivity contribution in [2.45, 2.75) is 33.8 Å². The van der Waals surface area contributed by atoms with E-state index in [4.69, 9.17) is 4.74 Å². The standard InChI is InChI=1S/C18H20N2O4/c1-11-5-8-17(13(3)9-11)24-14(4)18(21)19-16-10-15(20(22)23)7-6-12(16)2/h5-10,14H,1-4H3,(H,19,21)/t14-/m0/s1. The number of nitrogens with zero attached hydrogens (tertiary/aromatic N) is 1. The van der Waals surface area contributed by atoms with Crippen molar-refractivity contribution in [2.75, 3.05) is 5.32 Å². The van der Waals surface area contributed by atoms with Gasteiger partial charge in [-0.2, -0.15) is 0 Å². The van der Waals surface area contributed by atoms with Gasteiger partial charge in [-0.3, -0.25) is 14.9 Å². The molecule has 0 bridgehead atoms. The Labute approximate surface area is 140 Å². The topological polar surface area (TPSA) is 81.5 Å². The largest absolute Gasteiger partial charge is 0.481 e. The van der Waals surface area contributed by atoms with Crippen LogP contribution in [-0.4, -0.2) is 16.9 Å². The second kappa shape index (κ2) is 7.12. The average molecular weight is 328 g/mol. The smallest absolute Gasteiger partial charge is 0.271 e. The van der Waals surface area contributed by atoms with Crippen molar-refractivity contribution < 1.29 is 14.5 Å². The molecule has 1 N–H and O–H groups in total. The summed E-state index contributed by atoms with van der Waals surface area (Å²) >= 11 is 0. The summed E-state index contributed by atoms with van der Waals surface area (Å²) in [7, 11) is 0. The van der Waals surface area contributed by atoms with Crippen LogP contribution in [0.15, 0.2) is 36.4 Å². The minimum absolute atomic E-state index is 0.0705. The number of carbonyl (C=O) groups is 1. The SMILES string of the molecule is Cc1ccc(O[C@@H](C)C(=O)Nc2cc([N+](=O)[O-])ccc2C)c(C)c1. The van der Waals surface area contributed by atoms with Crippen LogP contribution in [-0.2, 0) is 4.79 Å². The van der Waals surface area contributed by atoms with Gasteiger partial charge >= 0.3 is 0 Å². The lowest BCUT2D eigenvalue weighted by atomic mass is 10.1. The molecule has 2 aromatic carbocycles. The molecule has 6 heteroatoms. The number of hydrogen-bond acceptors (Lipinski definition) is 4. The van der Waals surface area contributed by atoms with Crippen LogP contribution in [0.5, 0.6) is 5.75 Å². The second-order valence-corrected chi connectivity index (χ2v) is 5.77. The van der Waals surface area contributed by atoms with Crippen LogP contribution in [0.3, 0.4) is 0 Å². The average Bonchev–Trinajstić information content (AvgIpc) is 2.51. The van der Waals surface area contributed by atoms with Gasteiger partial charge in [-0.25, -0.2) is 0 Å². The van der Waals surface area contributed by atoms with Crippen LogP contribution in [0, 0.1) is 30.9 Å². The molecule has 0 aliphatic rings. The van der Waals surface area contributed by atoms with Crippen molar-refractivity contribution in [3.05, 3.63) is 63.2 Å². The zero-order valence-corrected chi connectivity index (χ0v) is 14.1. The third kappa shape index (κ3) is 4.10. The van der Waals surface area contributed by atoms with E-state index in [0.29, 0.717) is 11.4 Å². The highest BCUT2D eigenvalue weighted by atomic mass is 16.6. The van der Waals surface area contributed by atoms with Gasteiger partial charge in [0.15, 0.2) is 6.10 Å². The first-order chi connectivity index (χ1) is 11.3. The summed E-state index contributed by atoms with van der Waals surface area (Å²) in [5.74, 6) is 0.276. The Balaban J connectivity index is 2.11. The molecule has 2 aromatic rings. The maximum Gasteiger partial charge on any atom is 0.271 e. The van der Waals surface area contributed by atoms with Crippen molar-refractivity contribution in [3.8, 4) is 5.75 Å². The van der Waals surface area contributed by atoms with Crippen LogP contribution < -0.4 is 10.1 Å². The van der Waals surface area contributed by atoms with Gasteiger partial charge in [0.2, 0.25) is 0 Å². The van der Waals surface area contributed by atoms with E-state index in [2.05, 4.69) is 5.32 Å². The van der Waals surface area contributed by atoms with Crippen molar-refractivity contribution in [1.82, 2.24) is 0 Å². The molecule has 0 saturated carbocycles. The first-order valence-electron chi connectivity index (χ1n) is 7.57. The molecule has 1 atom stereocenters. The molecule has 0 saturated heterocycles. The fourth-order valence-corrected chi connectivity index (χ4v) is 2.27. The summed E-state index contributed by atoms with van der Waals surface area (Å²) < 4.78 is 5.71. The van der Waals surface area contributed by atoms with Crippen LogP contribution in [0.25, 0.3) is 0 Å². The Morgan fingerprint density at radius 3 is 2.46 bits per heavy atom. The predicted octanol–water partition coefficient (Wildman–Crippen LogP) is 3.93. The molecule has 6 nitrogen and oxygen atoms in total. The first-order valence-corrected chi connectivity index (χ1v) is 7.57. The van der Waals surface area contributed by atoms with Crippen molar-refractivity contribution in [2.24, 2.45) is 0 Å². The number of hydrogen-bond donors (Lipinski definition) is 1. The molecule has 0 heterocycles. The summed E-state index contributed by atoms with van der Waals surface area (Å²) in [4.78, 5) is 22.7.